The largest absolute Gasteiger partial charge is 0.427 e. The molecule has 0 aromatic carbocycles. The lowest BCUT2D eigenvalue weighted by molar-refractivity contribution is -0.140. The molecule has 0 fully saturated rings. The van der Waals surface area contributed by atoms with Crippen molar-refractivity contribution in [2.75, 3.05) is 0 Å². The van der Waals surface area contributed by atoms with E-state index in [4.69, 9.17) is 4.74 Å². The molecule has 68 valence electrons. The molecule has 0 atom stereocenters. The predicted molar refractivity (Wildman–Crippen MR) is 49.5 cm³/mol. The van der Waals surface area contributed by atoms with Gasteiger partial charge in [0.2, 0.25) is 0 Å². The second-order valence-corrected chi connectivity index (χ2v) is 3.88. The zero-order valence-corrected chi connectivity index (χ0v) is 8.02. The number of hydrogen-bond acceptors (Lipinski definition) is 2. The molecule has 2 heteroatoms. The maximum absolute atomic E-state index is 11.1. The first kappa shape index (κ1) is 11.0. The van der Waals surface area contributed by atoms with Gasteiger partial charge in [-0.15, -0.1) is 0 Å². The third-order valence-electron chi connectivity index (χ3n) is 1.15. The number of carbonyl (C=O) groups excluding carboxylic acids is 1. The van der Waals surface area contributed by atoms with Crippen LogP contribution in [-0.4, -0.2) is 5.97 Å². The van der Waals surface area contributed by atoms with Crippen LogP contribution in [0.4, 0.5) is 0 Å². The quantitative estimate of drug-likeness (QED) is 0.368. The molecule has 0 unspecified atom stereocenters. The lowest BCUT2D eigenvalue weighted by Crippen LogP contribution is -2.14. The summed E-state index contributed by atoms with van der Waals surface area (Å²) >= 11 is 0. The molecule has 0 aliphatic rings. The summed E-state index contributed by atoms with van der Waals surface area (Å²) in [5.41, 5.74) is -0.0431. The molecule has 2 nitrogen and oxygen atoms in total. The Morgan fingerprint density at radius 1 is 1.50 bits per heavy atom. The SMILES string of the molecule is C=CC(=C)OC(=O)CC(C)(C)C. The smallest absolute Gasteiger partial charge is 0.311 e. The monoisotopic (exact) mass is 168 g/mol. The molecule has 0 bridgehead atoms. The Morgan fingerprint density at radius 3 is 2.33 bits per heavy atom. The molecule has 0 spiro atoms. The first-order valence-electron chi connectivity index (χ1n) is 3.87. The van der Waals surface area contributed by atoms with E-state index in [1.165, 1.54) is 6.08 Å². The minimum Gasteiger partial charge on any atom is -0.427 e. The van der Waals surface area contributed by atoms with Crippen LogP contribution in [0, 0.1) is 5.41 Å². The number of esters is 1. The first-order valence-corrected chi connectivity index (χ1v) is 3.87. The van der Waals surface area contributed by atoms with Crippen molar-refractivity contribution >= 4 is 5.97 Å². The fraction of sp³-hybridized carbons (Fsp3) is 0.500. The van der Waals surface area contributed by atoms with E-state index >= 15 is 0 Å². The molecule has 0 heterocycles. The van der Waals surface area contributed by atoms with Gasteiger partial charge in [-0.1, -0.05) is 33.9 Å². The first-order chi connectivity index (χ1) is 5.35. The lowest BCUT2D eigenvalue weighted by Gasteiger charge is -2.16. The van der Waals surface area contributed by atoms with Crippen LogP contribution in [0.5, 0.6) is 0 Å². The molecule has 0 aliphatic carbocycles. The normalized spacial score (nSPS) is 10.6. The van der Waals surface area contributed by atoms with Gasteiger partial charge in [0.15, 0.2) is 0 Å². The molecule has 0 N–H and O–H groups in total. The van der Waals surface area contributed by atoms with Gasteiger partial charge < -0.3 is 4.74 Å². The number of hydrogen-bond donors (Lipinski definition) is 0. The van der Waals surface area contributed by atoms with Crippen molar-refractivity contribution in [2.24, 2.45) is 5.41 Å². The molecule has 0 radical (unpaired) electrons. The van der Waals surface area contributed by atoms with Crippen LogP contribution in [0.25, 0.3) is 0 Å². The lowest BCUT2D eigenvalue weighted by atomic mass is 9.92. The van der Waals surface area contributed by atoms with Crippen LogP contribution in [0.15, 0.2) is 25.0 Å². The van der Waals surface area contributed by atoms with Gasteiger partial charge in [0.05, 0.1) is 6.42 Å². The summed E-state index contributed by atoms with van der Waals surface area (Å²) in [6.45, 7) is 12.8. The molecular formula is C10H16O2. The van der Waals surface area contributed by atoms with E-state index in [0.29, 0.717) is 12.2 Å². The summed E-state index contributed by atoms with van der Waals surface area (Å²) in [6.07, 6.45) is 1.81. The van der Waals surface area contributed by atoms with Crippen LogP contribution in [0.1, 0.15) is 27.2 Å². The van der Waals surface area contributed by atoms with Gasteiger partial charge in [-0.2, -0.15) is 0 Å². The van der Waals surface area contributed by atoms with Crippen molar-refractivity contribution in [3.05, 3.63) is 25.0 Å². The van der Waals surface area contributed by atoms with E-state index < -0.39 is 0 Å². The Kier molecular flexibility index (Phi) is 3.74. The molecule has 0 amide bonds. The number of rotatable bonds is 3. The van der Waals surface area contributed by atoms with Crippen molar-refractivity contribution in [1.82, 2.24) is 0 Å². The van der Waals surface area contributed by atoms with E-state index in [-0.39, 0.29) is 11.4 Å². The van der Waals surface area contributed by atoms with Gasteiger partial charge in [0, 0.05) is 0 Å². The maximum atomic E-state index is 11.1. The summed E-state index contributed by atoms with van der Waals surface area (Å²) < 4.78 is 4.82. The van der Waals surface area contributed by atoms with Crippen LogP contribution < -0.4 is 0 Å². The highest BCUT2D eigenvalue weighted by atomic mass is 16.5. The number of ether oxygens (including phenoxy) is 1. The third kappa shape index (κ3) is 5.71. The summed E-state index contributed by atoms with van der Waals surface area (Å²) in [5.74, 6) is 0.0525. The van der Waals surface area contributed by atoms with Crippen LogP contribution in [0.3, 0.4) is 0 Å². The number of allylic oxidation sites excluding steroid dienone is 1. The van der Waals surface area contributed by atoms with Gasteiger partial charge in [-0.3, -0.25) is 4.79 Å². The molecule has 0 aromatic heterocycles. The van der Waals surface area contributed by atoms with Gasteiger partial charge in [-0.25, -0.2) is 0 Å². The predicted octanol–water partition coefficient (Wildman–Crippen LogP) is 2.67. The summed E-state index contributed by atoms with van der Waals surface area (Å²) in [4.78, 5) is 11.1. The van der Waals surface area contributed by atoms with Crippen molar-refractivity contribution in [1.29, 1.82) is 0 Å². The van der Waals surface area contributed by atoms with Gasteiger partial charge in [0.25, 0.3) is 0 Å². The van der Waals surface area contributed by atoms with Crippen molar-refractivity contribution < 1.29 is 9.53 Å². The van der Waals surface area contributed by atoms with E-state index in [1.807, 2.05) is 20.8 Å². The Balaban J connectivity index is 3.91. The number of carbonyl (C=O) groups is 1. The fourth-order valence-electron chi connectivity index (χ4n) is 0.657. The Labute approximate surface area is 73.9 Å². The van der Waals surface area contributed by atoms with Gasteiger partial charge >= 0.3 is 5.97 Å². The molecular weight excluding hydrogens is 152 g/mol. The summed E-state index contributed by atoms with van der Waals surface area (Å²) in [7, 11) is 0. The average molecular weight is 168 g/mol. The zero-order chi connectivity index (χ0) is 9.78. The molecule has 0 saturated heterocycles. The zero-order valence-electron chi connectivity index (χ0n) is 8.02. The minimum atomic E-state index is -0.257. The van der Waals surface area contributed by atoms with Crippen molar-refractivity contribution in [2.45, 2.75) is 27.2 Å². The van der Waals surface area contributed by atoms with E-state index in [1.54, 1.807) is 0 Å². The van der Waals surface area contributed by atoms with E-state index in [2.05, 4.69) is 13.2 Å². The van der Waals surface area contributed by atoms with E-state index in [0.717, 1.165) is 0 Å². The molecule has 0 saturated carbocycles. The Hall–Kier alpha value is -1.05. The highest BCUT2D eigenvalue weighted by Crippen LogP contribution is 2.19. The molecule has 0 aromatic rings. The van der Waals surface area contributed by atoms with Crippen LogP contribution >= 0.6 is 0 Å². The Bertz CT molecular complexity index is 196. The van der Waals surface area contributed by atoms with Crippen molar-refractivity contribution in [3.63, 3.8) is 0 Å². The van der Waals surface area contributed by atoms with Crippen LogP contribution in [-0.2, 0) is 9.53 Å². The topological polar surface area (TPSA) is 26.3 Å². The molecule has 12 heavy (non-hydrogen) atoms. The summed E-state index contributed by atoms with van der Waals surface area (Å²) in [6, 6.07) is 0. The minimum absolute atomic E-state index is 0.0431. The average Bonchev–Trinajstić information content (AvgIpc) is 1.82. The highest BCUT2D eigenvalue weighted by Gasteiger charge is 2.17. The second kappa shape index (κ2) is 4.10. The summed E-state index contributed by atoms with van der Waals surface area (Å²) in [5, 5.41) is 0. The van der Waals surface area contributed by atoms with Gasteiger partial charge in [-0.05, 0) is 11.5 Å². The second-order valence-electron chi connectivity index (χ2n) is 3.88. The molecule has 0 aliphatic heterocycles. The van der Waals surface area contributed by atoms with Gasteiger partial charge in [0.1, 0.15) is 5.76 Å². The third-order valence-corrected chi connectivity index (χ3v) is 1.15. The van der Waals surface area contributed by atoms with E-state index in [9.17, 15) is 4.79 Å². The molecule has 0 rings (SSSR count). The standard InChI is InChI=1S/C10H16O2/c1-6-8(2)12-9(11)7-10(3,4)5/h6H,1-2,7H2,3-5H3. The maximum Gasteiger partial charge on any atom is 0.311 e. The van der Waals surface area contributed by atoms with Crippen molar-refractivity contribution in [3.8, 4) is 0 Å². The Morgan fingerprint density at radius 2 is 2.00 bits per heavy atom. The fourth-order valence-corrected chi connectivity index (χ4v) is 0.657. The highest BCUT2D eigenvalue weighted by molar-refractivity contribution is 5.71. The van der Waals surface area contributed by atoms with Crippen LogP contribution in [0.2, 0.25) is 0 Å².